The Kier molecular flexibility index (Phi) is 4.66. The topological polar surface area (TPSA) is 159 Å². The van der Waals surface area contributed by atoms with E-state index in [0.717, 1.165) is 10.0 Å². The number of rotatable bonds is 4. The van der Waals surface area contributed by atoms with Gasteiger partial charge in [-0.2, -0.15) is 10.0 Å². The maximum atomic E-state index is 13.4. The third-order valence-electron chi connectivity index (χ3n) is 8.66. The average Bonchev–Trinajstić information content (AvgIpc) is 3.29. The van der Waals surface area contributed by atoms with Crippen LogP contribution in [0.5, 0.6) is 0 Å². The third kappa shape index (κ3) is 2.85. The minimum absolute atomic E-state index is 0.247. The van der Waals surface area contributed by atoms with Crippen LogP contribution in [-0.2, 0) is 19.2 Å². The SMILES string of the molecule is O=C(NN1C(=O)[C@@H]2[C@H]3C=C[C@@H]([C@@H]2C1=O)[C@@H]1[C@@H]2C(=O)N(NC(=O)c4ccncc4)C(=O)[C@@H]2[C@@H]31)c1ccncc1. The van der Waals surface area contributed by atoms with Crippen molar-refractivity contribution < 1.29 is 28.8 Å². The zero-order valence-electron chi connectivity index (χ0n) is 19.6. The second-order valence-corrected chi connectivity index (χ2v) is 10.2. The van der Waals surface area contributed by atoms with Crippen molar-refractivity contribution in [1.29, 1.82) is 0 Å². The van der Waals surface area contributed by atoms with Crippen LogP contribution in [0.4, 0.5) is 0 Å². The van der Waals surface area contributed by atoms with E-state index in [4.69, 9.17) is 0 Å². The molecule has 2 bridgehead atoms. The lowest BCUT2D eigenvalue weighted by atomic mass is 9.40. The molecule has 4 heterocycles. The van der Waals surface area contributed by atoms with E-state index in [1.165, 1.54) is 49.1 Å². The number of amides is 6. The molecular weight excluding hydrogens is 492 g/mol. The lowest BCUT2D eigenvalue weighted by Gasteiger charge is -2.60. The van der Waals surface area contributed by atoms with Crippen molar-refractivity contribution in [2.75, 3.05) is 0 Å². The van der Waals surface area contributed by atoms with Crippen molar-refractivity contribution in [3.8, 4) is 0 Å². The summed E-state index contributed by atoms with van der Waals surface area (Å²) in [6.45, 7) is 0. The summed E-state index contributed by atoms with van der Waals surface area (Å²) in [6, 6.07) is 5.88. The number of carbonyl (C=O) groups is 6. The molecule has 4 fully saturated rings. The molecule has 2 aliphatic heterocycles. The Labute approximate surface area is 215 Å². The minimum atomic E-state index is -0.735. The van der Waals surface area contributed by atoms with Crippen LogP contribution in [0.15, 0.2) is 61.2 Å². The molecular formula is C26H20N6O6. The summed E-state index contributed by atoms with van der Waals surface area (Å²) in [5.41, 5.74) is 5.34. The number of hydrogen-bond donors (Lipinski definition) is 2. The number of hydrazine groups is 2. The van der Waals surface area contributed by atoms with Gasteiger partial charge in [0.05, 0.1) is 23.7 Å². The van der Waals surface area contributed by atoms with Gasteiger partial charge in [-0.25, -0.2) is 0 Å². The fourth-order valence-electron chi connectivity index (χ4n) is 7.16. The summed E-state index contributed by atoms with van der Waals surface area (Å²) in [4.78, 5) is 86.4. The smallest absolute Gasteiger partial charge is 0.270 e. The first kappa shape index (κ1) is 22.5. The molecule has 12 nitrogen and oxygen atoms in total. The Morgan fingerprint density at radius 2 is 0.921 bits per heavy atom. The van der Waals surface area contributed by atoms with Crippen LogP contribution in [0.2, 0.25) is 0 Å². The Bertz CT molecular complexity index is 1410. The van der Waals surface area contributed by atoms with E-state index in [1.54, 1.807) is 0 Å². The summed E-state index contributed by atoms with van der Waals surface area (Å²) in [5.74, 6) is -7.66. The fraction of sp³-hybridized carbons (Fsp3) is 0.308. The van der Waals surface area contributed by atoms with Crippen molar-refractivity contribution in [2.24, 2.45) is 47.3 Å². The lowest BCUT2D eigenvalue weighted by Crippen LogP contribution is -2.63. The van der Waals surface area contributed by atoms with E-state index < -0.39 is 71.0 Å². The number of pyridine rings is 2. The predicted molar refractivity (Wildman–Crippen MR) is 124 cm³/mol. The van der Waals surface area contributed by atoms with Gasteiger partial charge in [0, 0.05) is 35.9 Å². The van der Waals surface area contributed by atoms with Crippen molar-refractivity contribution in [1.82, 2.24) is 30.8 Å². The van der Waals surface area contributed by atoms with Gasteiger partial charge in [0.25, 0.3) is 35.4 Å². The predicted octanol–water partition coefficient (Wildman–Crippen LogP) is -0.269. The van der Waals surface area contributed by atoms with Gasteiger partial charge in [-0.3, -0.25) is 49.6 Å². The van der Waals surface area contributed by atoms with E-state index in [0.29, 0.717) is 0 Å². The minimum Gasteiger partial charge on any atom is -0.272 e. The molecule has 6 aliphatic rings. The van der Waals surface area contributed by atoms with E-state index in [1.807, 2.05) is 12.2 Å². The summed E-state index contributed by atoms with van der Waals surface area (Å²) in [6.07, 6.45) is 9.44. The monoisotopic (exact) mass is 512 g/mol. The molecule has 0 unspecified atom stereocenters. The lowest BCUT2D eigenvalue weighted by molar-refractivity contribution is -0.166. The largest absolute Gasteiger partial charge is 0.272 e. The zero-order valence-corrected chi connectivity index (χ0v) is 19.6. The summed E-state index contributed by atoms with van der Waals surface area (Å²) < 4.78 is 0. The van der Waals surface area contributed by atoms with Crippen LogP contribution in [-0.4, -0.2) is 55.4 Å². The van der Waals surface area contributed by atoms with Gasteiger partial charge < -0.3 is 0 Å². The Hall–Kier alpha value is -4.74. The van der Waals surface area contributed by atoms with Crippen LogP contribution < -0.4 is 10.9 Å². The maximum absolute atomic E-state index is 13.4. The molecule has 190 valence electrons. The number of allylic oxidation sites excluding steroid dienone is 2. The molecule has 8 atom stereocenters. The second kappa shape index (κ2) is 7.88. The number of fused-ring (bicyclic) bond motifs is 1. The normalized spacial score (nSPS) is 34.0. The molecule has 2 saturated carbocycles. The molecule has 8 rings (SSSR count). The molecule has 2 aromatic rings. The third-order valence-corrected chi connectivity index (χ3v) is 8.66. The van der Waals surface area contributed by atoms with Gasteiger partial charge in [0.2, 0.25) is 0 Å². The number of imide groups is 2. The van der Waals surface area contributed by atoms with Crippen molar-refractivity contribution in [3.63, 3.8) is 0 Å². The summed E-state index contributed by atoms with van der Waals surface area (Å²) in [5, 5.41) is 1.58. The Morgan fingerprint density at radius 3 is 1.29 bits per heavy atom. The Balaban J connectivity index is 1.13. The standard InChI is InChI=1S/C26H20N6O6/c33-21(11-3-7-27-8-4-11)29-31-23(35)17-13-1-2-14(18(17)24(31)36)16-15(13)19-20(16)26(38)32(25(19)37)30-22(34)12-5-9-28-10-6-12/h1-10,13-20H,(H,29,33)(H,30,34)/t13-,14+,15-,16-,17+,18-,19+,20-/m0/s1. The molecule has 0 spiro atoms. The van der Waals surface area contributed by atoms with Gasteiger partial charge >= 0.3 is 0 Å². The summed E-state index contributed by atoms with van der Waals surface area (Å²) in [7, 11) is 0. The van der Waals surface area contributed by atoms with Gasteiger partial charge in [-0.1, -0.05) is 12.2 Å². The molecule has 0 aromatic carbocycles. The fourth-order valence-corrected chi connectivity index (χ4v) is 7.16. The molecule has 6 amide bonds. The van der Waals surface area contributed by atoms with Crippen molar-refractivity contribution >= 4 is 35.4 Å². The molecule has 12 heteroatoms. The van der Waals surface area contributed by atoms with Gasteiger partial charge in [0.1, 0.15) is 0 Å². The molecule has 38 heavy (non-hydrogen) atoms. The first-order valence-electron chi connectivity index (χ1n) is 12.2. The van der Waals surface area contributed by atoms with Crippen LogP contribution in [0.25, 0.3) is 0 Å². The number of nitrogens with one attached hydrogen (secondary N) is 2. The Morgan fingerprint density at radius 1 is 0.579 bits per heavy atom. The summed E-state index contributed by atoms with van der Waals surface area (Å²) >= 11 is 0. The second-order valence-electron chi connectivity index (χ2n) is 10.2. The van der Waals surface area contributed by atoms with Crippen molar-refractivity contribution in [2.45, 2.75) is 0 Å². The van der Waals surface area contributed by atoms with Crippen molar-refractivity contribution in [3.05, 3.63) is 72.3 Å². The van der Waals surface area contributed by atoms with Crippen LogP contribution in [0, 0.1) is 47.3 Å². The quantitative estimate of drug-likeness (QED) is 0.419. The average molecular weight is 512 g/mol. The molecule has 2 saturated heterocycles. The maximum Gasteiger partial charge on any atom is 0.270 e. The van der Waals surface area contributed by atoms with Crippen LogP contribution in [0.1, 0.15) is 20.7 Å². The van der Waals surface area contributed by atoms with Gasteiger partial charge in [-0.15, -0.1) is 0 Å². The first-order chi connectivity index (χ1) is 18.4. The number of hydrogen-bond acceptors (Lipinski definition) is 8. The van der Waals surface area contributed by atoms with E-state index in [-0.39, 0.29) is 23.0 Å². The molecule has 0 radical (unpaired) electrons. The van der Waals surface area contributed by atoms with E-state index in [9.17, 15) is 28.8 Å². The van der Waals surface area contributed by atoms with Crippen LogP contribution >= 0.6 is 0 Å². The molecule has 2 aromatic heterocycles. The zero-order chi connectivity index (χ0) is 26.3. The highest BCUT2D eigenvalue weighted by Crippen LogP contribution is 2.67. The van der Waals surface area contributed by atoms with E-state index >= 15 is 0 Å². The molecule has 4 aliphatic carbocycles. The van der Waals surface area contributed by atoms with Gasteiger partial charge in [-0.05, 0) is 47.9 Å². The number of carbonyl (C=O) groups excluding carboxylic acids is 6. The highest BCUT2D eigenvalue weighted by Gasteiger charge is 2.75. The molecule has 2 N–H and O–H groups in total. The highest BCUT2D eigenvalue weighted by atomic mass is 16.2. The first-order valence-corrected chi connectivity index (χ1v) is 12.2. The van der Waals surface area contributed by atoms with Gasteiger partial charge in [0.15, 0.2) is 0 Å². The number of aromatic nitrogens is 2. The van der Waals surface area contributed by atoms with E-state index in [2.05, 4.69) is 20.8 Å². The van der Waals surface area contributed by atoms with Crippen LogP contribution in [0.3, 0.4) is 0 Å². The highest BCUT2D eigenvalue weighted by molar-refractivity contribution is 6.11. The number of nitrogens with zero attached hydrogens (tertiary/aromatic N) is 4.